The first-order valence-electron chi connectivity index (χ1n) is 10.8. The van der Waals surface area contributed by atoms with Crippen molar-refractivity contribution in [2.75, 3.05) is 6.61 Å². The topological polar surface area (TPSA) is 130 Å². The Hall–Kier alpha value is -2.23. The maximum Gasteiger partial charge on any atom is 0.509 e. The van der Waals surface area contributed by atoms with Crippen LogP contribution in [-0.2, 0) is 23.7 Å². The number of carbonyl (C=O) groups is 3. The van der Waals surface area contributed by atoms with Crippen LogP contribution < -0.4 is 5.32 Å². The SMILES string of the molecule is CC[C@@H](NC(=O)OC(C)(C)C)[C@@H](O)[C@@H](CCOC(=O)OC(C)(C)C)OC(=O)OC(C)(C)C. The van der Waals surface area contributed by atoms with Gasteiger partial charge >= 0.3 is 18.4 Å². The van der Waals surface area contributed by atoms with Gasteiger partial charge in [-0.2, -0.15) is 0 Å². The summed E-state index contributed by atoms with van der Waals surface area (Å²) in [5.41, 5.74) is -2.26. The second kappa shape index (κ2) is 12.1. The molecule has 0 rings (SSSR count). The molecule has 2 N–H and O–H groups in total. The van der Waals surface area contributed by atoms with Crippen LogP contribution in [0.25, 0.3) is 0 Å². The van der Waals surface area contributed by atoms with Crippen molar-refractivity contribution < 1.29 is 43.2 Å². The number of ether oxygens (including phenoxy) is 5. The number of amides is 1. The molecular formula is C22H41NO9. The molecule has 0 aromatic rings. The van der Waals surface area contributed by atoms with Crippen molar-refractivity contribution in [2.24, 2.45) is 0 Å². The molecule has 0 aromatic heterocycles. The summed E-state index contributed by atoms with van der Waals surface area (Å²) in [7, 11) is 0. The molecule has 10 heteroatoms. The Morgan fingerprint density at radius 2 is 1.28 bits per heavy atom. The van der Waals surface area contributed by atoms with Crippen molar-refractivity contribution in [1.29, 1.82) is 0 Å². The second-order valence-electron chi connectivity index (χ2n) is 10.4. The first-order valence-corrected chi connectivity index (χ1v) is 10.8. The van der Waals surface area contributed by atoms with Gasteiger partial charge in [-0.1, -0.05) is 6.92 Å². The lowest BCUT2D eigenvalue weighted by atomic mass is 10.0. The Balaban J connectivity index is 5.25. The van der Waals surface area contributed by atoms with E-state index >= 15 is 0 Å². The minimum Gasteiger partial charge on any atom is -0.444 e. The zero-order valence-electron chi connectivity index (χ0n) is 21.1. The normalized spacial score (nSPS) is 15.1. The molecule has 10 nitrogen and oxygen atoms in total. The Kier molecular flexibility index (Phi) is 11.3. The van der Waals surface area contributed by atoms with Crippen molar-refractivity contribution in [3.05, 3.63) is 0 Å². The summed E-state index contributed by atoms with van der Waals surface area (Å²) in [4.78, 5) is 36.1. The van der Waals surface area contributed by atoms with E-state index in [0.29, 0.717) is 6.42 Å². The van der Waals surface area contributed by atoms with E-state index in [1.54, 1.807) is 69.2 Å². The average Bonchev–Trinajstić information content (AvgIpc) is 2.53. The molecule has 0 fully saturated rings. The maximum atomic E-state index is 12.2. The summed E-state index contributed by atoms with van der Waals surface area (Å²) in [6, 6.07) is -0.793. The molecule has 0 aliphatic carbocycles. The summed E-state index contributed by atoms with van der Waals surface area (Å²) in [5, 5.41) is 13.4. The van der Waals surface area contributed by atoms with Crippen LogP contribution in [-0.4, -0.2) is 65.2 Å². The third-order valence-electron chi connectivity index (χ3n) is 3.58. The molecule has 0 bridgehead atoms. The molecule has 0 unspecified atom stereocenters. The van der Waals surface area contributed by atoms with Crippen LogP contribution in [0.15, 0.2) is 0 Å². The first kappa shape index (κ1) is 29.8. The van der Waals surface area contributed by atoms with Gasteiger partial charge in [0.2, 0.25) is 0 Å². The Bertz CT molecular complexity index is 614. The summed E-state index contributed by atoms with van der Waals surface area (Å²) >= 11 is 0. The van der Waals surface area contributed by atoms with Gasteiger partial charge in [0.15, 0.2) is 0 Å². The van der Waals surface area contributed by atoms with Gasteiger partial charge in [-0.15, -0.1) is 0 Å². The van der Waals surface area contributed by atoms with E-state index in [9.17, 15) is 19.5 Å². The number of hydrogen-bond donors (Lipinski definition) is 2. The highest BCUT2D eigenvalue weighted by molar-refractivity contribution is 5.68. The highest BCUT2D eigenvalue weighted by Gasteiger charge is 2.33. The van der Waals surface area contributed by atoms with Crippen molar-refractivity contribution in [3.63, 3.8) is 0 Å². The number of rotatable bonds is 8. The van der Waals surface area contributed by atoms with Gasteiger partial charge < -0.3 is 34.1 Å². The lowest BCUT2D eigenvalue weighted by Crippen LogP contribution is -2.51. The highest BCUT2D eigenvalue weighted by Crippen LogP contribution is 2.17. The standard InChI is InChI=1S/C22H41NO9/c1-11-14(23-17(25)30-20(2,3)4)16(24)15(29-19(27)32-22(8,9)10)12-13-28-18(26)31-21(5,6)7/h14-16,24H,11-13H2,1-10H3,(H,23,25)/t14-,15-,16-/m1/s1. The third kappa shape index (κ3) is 14.7. The minimum absolute atomic E-state index is 0.0495. The van der Waals surface area contributed by atoms with E-state index in [2.05, 4.69) is 5.32 Å². The summed E-state index contributed by atoms with van der Waals surface area (Å²) in [6.07, 6.45) is -4.78. The van der Waals surface area contributed by atoms with E-state index < -0.39 is 53.5 Å². The molecule has 0 radical (unpaired) electrons. The predicted octanol–water partition coefficient (Wildman–Crippen LogP) is 4.31. The Labute approximate surface area is 191 Å². The van der Waals surface area contributed by atoms with Crippen LogP contribution in [0.2, 0.25) is 0 Å². The van der Waals surface area contributed by atoms with Crippen molar-refractivity contribution in [1.82, 2.24) is 5.32 Å². The monoisotopic (exact) mass is 463 g/mol. The molecular weight excluding hydrogens is 422 g/mol. The minimum atomic E-state index is -1.32. The van der Waals surface area contributed by atoms with Crippen LogP contribution >= 0.6 is 0 Å². The van der Waals surface area contributed by atoms with E-state index in [1.807, 2.05) is 0 Å². The largest absolute Gasteiger partial charge is 0.509 e. The summed E-state index contributed by atoms with van der Waals surface area (Å²) in [6.45, 7) is 16.8. The number of aliphatic hydroxyl groups excluding tert-OH is 1. The van der Waals surface area contributed by atoms with Gasteiger partial charge in [-0.3, -0.25) is 0 Å². The molecule has 0 saturated carbocycles. The van der Waals surface area contributed by atoms with Gasteiger partial charge in [0.05, 0.1) is 12.6 Å². The molecule has 0 spiro atoms. The summed E-state index contributed by atoms with van der Waals surface area (Å²) in [5.74, 6) is 0. The van der Waals surface area contributed by atoms with Crippen LogP contribution in [0, 0.1) is 0 Å². The van der Waals surface area contributed by atoms with Crippen LogP contribution in [0.4, 0.5) is 14.4 Å². The van der Waals surface area contributed by atoms with Gasteiger partial charge in [-0.05, 0) is 68.7 Å². The third-order valence-corrected chi connectivity index (χ3v) is 3.58. The molecule has 0 aliphatic rings. The lowest BCUT2D eigenvalue weighted by molar-refractivity contribution is -0.0763. The van der Waals surface area contributed by atoms with Crippen molar-refractivity contribution in [2.45, 2.75) is 117 Å². The molecule has 0 saturated heterocycles. The van der Waals surface area contributed by atoms with E-state index in [4.69, 9.17) is 23.7 Å². The molecule has 3 atom stereocenters. The van der Waals surface area contributed by atoms with Crippen LogP contribution in [0.1, 0.15) is 82.1 Å². The molecule has 0 aliphatic heterocycles. The fourth-order valence-corrected chi connectivity index (χ4v) is 2.38. The smallest absolute Gasteiger partial charge is 0.444 e. The van der Waals surface area contributed by atoms with E-state index in [1.165, 1.54) is 0 Å². The Morgan fingerprint density at radius 3 is 1.72 bits per heavy atom. The zero-order chi connectivity index (χ0) is 25.3. The molecule has 1 amide bonds. The van der Waals surface area contributed by atoms with Crippen molar-refractivity contribution in [3.8, 4) is 0 Å². The van der Waals surface area contributed by atoms with Gasteiger partial charge in [0.1, 0.15) is 29.0 Å². The number of alkyl carbamates (subject to hydrolysis) is 1. The predicted molar refractivity (Wildman–Crippen MR) is 117 cm³/mol. The molecule has 0 heterocycles. The quantitative estimate of drug-likeness (QED) is 0.399. The lowest BCUT2D eigenvalue weighted by Gasteiger charge is -2.31. The number of nitrogens with one attached hydrogen (secondary N) is 1. The second-order valence-corrected chi connectivity index (χ2v) is 10.4. The fraction of sp³-hybridized carbons (Fsp3) is 0.864. The van der Waals surface area contributed by atoms with E-state index in [-0.39, 0.29) is 13.0 Å². The average molecular weight is 464 g/mol. The van der Waals surface area contributed by atoms with Crippen LogP contribution in [0.5, 0.6) is 0 Å². The van der Waals surface area contributed by atoms with Crippen molar-refractivity contribution >= 4 is 18.4 Å². The first-order chi connectivity index (χ1) is 14.3. The molecule has 188 valence electrons. The van der Waals surface area contributed by atoms with Gasteiger partial charge in [0, 0.05) is 6.42 Å². The molecule has 0 aromatic carbocycles. The number of hydrogen-bond acceptors (Lipinski definition) is 9. The number of aliphatic hydroxyl groups is 1. The maximum absolute atomic E-state index is 12.2. The van der Waals surface area contributed by atoms with Gasteiger partial charge in [0.25, 0.3) is 0 Å². The van der Waals surface area contributed by atoms with E-state index in [0.717, 1.165) is 0 Å². The Morgan fingerprint density at radius 1 is 0.812 bits per heavy atom. The van der Waals surface area contributed by atoms with Gasteiger partial charge in [-0.25, -0.2) is 14.4 Å². The summed E-state index contributed by atoms with van der Waals surface area (Å²) < 4.78 is 25.8. The molecule has 32 heavy (non-hydrogen) atoms. The zero-order valence-corrected chi connectivity index (χ0v) is 21.1. The fourth-order valence-electron chi connectivity index (χ4n) is 2.38. The number of carbonyl (C=O) groups excluding carboxylic acids is 3. The highest BCUT2D eigenvalue weighted by atomic mass is 16.7. The van der Waals surface area contributed by atoms with Crippen LogP contribution in [0.3, 0.4) is 0 Å².